The van der Waals surface area contributed by atoms with Crippen LogP contribution >= 0.6 is 15.9 Å². The lowest BCUT2D eigenvalue weighted by Crippen LogP contribution is -2.44. The molecule has 0 bridgehead atoms. The monoisotopic (exact) mass is 426 g/mol. The normalized spacial score (nSPS) is 20.2. The van der Waals surface area contributed by atoms with Gasteiger partial charge in [0.1, 0.15) is 6.61 Å². The second kappa shape index (κ2) is 5.50. The number of esters is 1. The molecule has 3 aromatic rings. The Morgan fingerprint density at radius 3 is 2.89 bits per heavy atom. The molecule has 0 unspecified atom stereocenters. The molecule has 0 amide bonds. The van der Waals surface area contributed by atoms with Crippen LogP contribution in [0, 0.1) is 0 Å². The van der Waals surface area contributed by atoms with Gasteiger partial charge >= 0.3 is 5.97 Å². The van der Waals surface area contributed by atoms with Crippen LogP contribution < -0.4 is 5.56 Å². The first-order valence-electron chi connectivity index (χ1n) is 8.68. The minimum absolute atomic E-state index is 0.117. The summed E-state index contributed by atoms with van der Waals surface area (Å²) in [7, 11) is 0. The maximum Gasteiger partial charge on any atom is 0.343 e. The summed E-state index contributed by atoms with van der Waals surface area (Å²) in [5.41, 5.74) is 1.72. The lowest BCUT2D eigenvalue weighted by Gasteiger charge is -2.31. The first kappa shape index (κ1) is 16.6. The van der Waals surface area contributed by atoms with E-state index in [9.17, 15) is 14.7 Å². The molecule has 4 heterocycles. The van der Waals surface area contributed by atoms with E-state index in [1.165, 1.54) is 0 Å². The fourth-order valence-corrected chi connectivity index (χ4v) is 4.34. The van der Waals surface area contributed by atoms with E-state index in [4.69, 9.17) is 9.72 Å². The molecule has 7 heteroatoms. The first-order valence-corrected chi connectivity index (χ1v) is 9.48. The SMILES string of the molecule is CC[C@@]1(O)C(=O)OCc2c1cc1n(c2=O)Cc2cc3cc(Br)ccc3nc2-1. The van der Waals surface area contributed by atoms with Gasteiger partial charge in [-0.3, -0.25) is 4.79 Å². The summed E-state index contributed by atoms with van der Waals surface area (Å²) in [4.78, 5) is 30.0. The number of pyridine rings is 2. The summed E-state index contributed by atoms with van der Waals surface area (Å²) >= 11 is 3.47. The average molecular weight is 427 g/mol. The summed E-state index contributed by atoms with van der Waals surface area (Å²) in [5.74, 6) is -0.712. The van der Waals surface area contributed by atoms with Gasteiger partial charge in [0.25, 0.3) is 5.56 Å². The average Bonchev–Trinajstić information content (AvgIpc) is 3.01. The topological polar surface area (TPSA) is 81.4 Å². The number of carbonyl (C=O) groups is 1. The molecule has 0 fully saturated rings. The van der Waals surface area contributed by atoms with E-state index in [2.05, 4.69) is 15.9 Å². The van der Waals surface area contributed by atoms with E-state index in [1.54, 1.807) is 17.6 Å². The van der Waals surface area contributed by atoms with E-state index < -0.39 is 11.6 Å². The number of halogens is 1. The van der Waals surface area contributed by atoms with Crippen LogP contribution in [0.4, 0.5) is 0 Å². The van der Waals surface area contributed by atoms with Crippen molar-refractivity contribution >= 4 is 32.8 Å². The van der Waals surface area contributed by atoms with Gasteiger partial charge in [0.2, 0.25) is 0 Å². The lowest BCUT2D eigenvalue weighted by atomic mass is 9.86. The van der Waals surface area contributed by atoms with Gasteiger partial charge in [-0.2, -0.15) is 0 Å². The Bertz CT molecular complexity index is 1220. The molecule has 0 radical (unpaired) electrons. The van der Waals surface area contributed by atoms with E-state index in [0.717, 1.165) is 20.9 Å². The Balaban J connectivity index is 1.80. The Hall–Kier alpha value is -2.51. The maximum atomic E-state index is 13.1. The number of nitrogens with zero attached hydrogens (tertiary/aromatic N) is 2. The molecule has 2 aliphatic heterocycles. The highest BCUT2D eigenvalue weighted by Crippen LogP contribution is 2.38. The number of aliphatic hydroxyl groups is 1. The molecule has 0 aliphatic carbocycles. The molecule has 1 N–H and O–H groups in total. The number of cyclic esters (lactones) is 1. The molecule has 2 aromatic heterocycles. The Morgan fingerprint density at radius 2 is 2.11 bits per heavy atom. The molecule has 27 heavy (non-hydrogen) atoms. The molecule has 2 aliphatic rings. The van der Waals surface area contributed by atoms with Gasteiger partial charge in [-0.05, 0) is 36.8 Å². The van der Waals surface area contributed by atoms with Crippen LogP contribution in [0.1, 0.15) is 30.0 Å². The van der Waals surface area contributed by atoms with Crippen LogP contribution in [0.25, 0.3) is 22.3 Å². The molecule has 1 atom stereocenters. The van der Waals surface area contributed by atoms with Gasteiger partial charge < -0.3 is 14.4 Å². The highest BCUT2D eigenvalue weighted by molar-refractivity contribution is 9.10. The second-order valence-corrected chi connectivity index (χ2v) is 7.85. The Labute approximate surface area is 162 Å². The Morgan fingerprint density at radius 1 is 1.30 bits per heavy atom. The Kier molecular flexibility index (Phi) is 3.39. The second-order valence-electron chi connectivity index (χ2n) is 6.94. The smallest absolute Gasteiger partial charge is 0.343 e. The minimum atomic E-state index is -1.80. The fourth-order valence-electron chi connectivity index (χ4n) is 3.96. The van der Waals surface area contributed by atoms with E-state index in [1.807, 2.05) is 24.3 Å². The van der Waals surface area contributed by atoms with Crippen LogP contribution in [0.5, 0.6) is 0 Å². The zero-order valence-electron chi connectivity index (χ0n) is 14.5. The lowest BCUT2D eigenvalue weighted by molar-refractivity contribution is -0.172. The van der Waals surface area contributed by atoms with Crippen LogP contribution in [-0.4, -0.2) is 20.6 Å². The predicted molar refractivity (Wildman–Crippen MR) is 102 cm³/mol. The number of hydrogen-bond acceptors (Lipinski definition) is 5. The largest absolute Gasteiger partial charge is 0.458 e. The van der Waals surface area contributed by atoms with Crippen molar-refractivity contribution in [3.8, 4) is 11.4 Å². The van der Waals surface area contributed by atoms with Crippen LogP contribution in [0.15, 0.2) is 39.6 Å². The van der Waals surface area contributed by atoms with Crippen molar-refractivity contribution in [3.63, 3.8) is 0 Å². The van der Waals surface area contributed by atoms with Crippen molar-refractivity contribution in [3.05, 3.63) is 61.8 Å². The van der Waals surface area contributed by atoms with Crippen molar-refractivity contribution in [2.45, 2.75) is 32.1 Å². The zero-order chi connectivity index (χ0) is 18.9. The van der Waals surface area contributed by atoms with Crippen molar-refractivity contribution < 1.29 is 14.6 Å². The van der Waals surface area contributed by atoms with Crippen molar-refractivity contribution in [1.82, 2.24) is 9.55 Å². The number of carbonyl (C=O) groups excluding carboxylic acids is 1. The molecular formula is C20H15BrN2O4. The minimum Gasteiger partial charge on any atom is -0.458 e. The molecular weight excluding hydrogens is 412 g/mol. The molecule has 6 nitrogen and oxygen atoms in total. The van der Waals surface area contributed by atoms with Gasteiger partial charge in [-0.15, -0.1) is 0 Å². The number of rotatable bonds is 1. The maximum absolute atomic E-state index is 13.1. The zero-order valence-corrected chi connectivity index (χ0v) is 16.0. The summed E-state index contributed by atoms with van der Waals surface area (Å²) in [6.45, 7) is 1.98. The summed E-state index contributed by atoms with van der Waals surface area (Å²) < 4.78 is 7.68. The standard InChI is InChI=1S/C20H15BrN2O4/c1-2-20(26)14-7-16-17-11(5-10-6-12(21)3-4-15(10)22-17)8-23(16)18(24)13(14)9-27-19(20)25/h3-7,26H,2,8-9H2,1H3/t20-/m0/s1. The van der Waals surface area contributed by atoms with Crippen molar-refractivity contribution in [2.24, 2.45) is 0 Å². The number of benzene rings is 1. The third-order valence-electron chi connectivity index (χ3n) is 5.47. The van der Waals surface area contributed by atoms with Crippen molar-refractivity contribution in [2.75, 3.05) is 0 Å². The first-order chi connectivity index (χ1) is 12.9. The molecule has 0 spiro atoms. The molecule has 0 saturated heterocycles. The molecule has 0 saturated carbocycles. The van der Waals surface area contributed by atoms with E-state index >= 15 is 0 Å². The number of fused-ring (bicyclic) bond motifs is 5. The number of aromatic nitrogens is 2. The fraction of sp³-hybridized carbons (Fsp3) is 0.250. The summed E-state index contributed by atoms with van der Waals surface area (Å²) in [6, 6.07) is 9.58. The quantitative estimate of drug-likeness (QED) is 0.473. The van der Waals surface area contributed by atoms with Crippen LogP contribution in [-0.2, 0) is 28.3 Å². The van der Waals surface area contributed by atoms with Crippen LogP contribution in [0.2, 0.25) is 0 Å². The molecule has 136 valence electrons. The van der Waals surface area contributed by atoms with Gasteiger partial charge in [0.15, 0.2) is 5.60 Å². The van der Waals surface area contributed by atoms with Crippen molar-refractivity contribution in [1.29, 1.82) is 0 Å². The van der Waals surface area contributed by atoms with Gasteiger partial charge in [0.05, 0.1) is 29.0 Å². The van der Waals surface area contributed by atoms with E-state index in [-0.39, 0.29) is 18.6 Å². The summed E-state index contributed by atoms with van der Waals surface area (Å²) in [5, 5.41) is 11.8. The summed E-state index contributed by atoms with van der Waals surface area (Å²) in [6.07, 6.45) is 0.133. The predicted octanol–water partition coefficient (Wildman–Crippen LogP) is 2.84. The molecule has 5 rings (SSSR count). The third kappa shape index (κ3) is 2.18. The van der Waals surface area contributed by atoms with Gasteiger partial charge in [-0.25, -0.2) is 9.78 Å². The number of hydrogen-bond donors (Lipinski definition) is 1. The van der Waals surface area contributed by atoms with Crippen LogP contribution in [0.3, 0.4) is 0 Å². The van der Waals surface area contributed by atoms with Gasteiger partial charge in [0, 0.05) is 21.0 Å². The third-order valence-corrected chi connectivity index (χ3v) is 5.96. The molecule has 1 aromatic carbocycles. The number of ether oxygens (including phenoxy) is 1. The van der Waals surface area contributed by atoms with Gasteiger partial charge in [-0.1, -0.05) is 22.9 Å². The highest BCUT2D eigenvalue weighted by atomic mass is 79.9. The van der Waals surface area contributed by atoms with E-state index in [0.29, 0.717) is 29.1 Å². The highest BCUT2D eigenvalue weighted by Gasteiger charge is 2.45.